The Bertz CT molecular complexity index is 1180. The minimum Gasteiger partial charge on any atom is -0.444 e. The van der Waals surface area contributed by atoms with Crippen LogP contribution in [0.15, 0.2) is 48.5 Å². The molecule has 0 atom stereocenters. The quantitative estimate of drug-likeness (QED) is 0.522. The van der Waals surface area contributed by atoms with E-state index in [1.165, 1.54) is 0 Å². The van der Waals surface area contributed by atoms with Crippen molar-refractivity contribution in [3.63, 3.8) is 0 Å². The van der Waals surface area contributed by atoms with E-state index in [0.717, 1.165) is 11.1 Å². The first-order valence-corrected chi connectivity index (χ1v) is 14.4. The van der Waals surface area contributed by atoms with E-state index in [1.54, 1.807) is 43.9 Å². The van der Waals surface area contributed by atoms with Gasteiger partial charge in [-0.05, 0) is 76.9 Å². The fourth-order valence-electron chi connectivity index (χ4n) is 4.81. The number of ether oxygens (including phenoxy) is 2. The number of piperazine rings is 2. The van der Waals surface area contributed by atoms with Gasteiger partial charge < -0.3 is 29.1 Å². The fraction of sp³-hybridized carbons (Fsp3) is 0.500. The van der Waals surface area contributed by atoms with Gasteiger partial charge in [0.05, 0.1) is 0 Å². The van der Waals surface area contributed by atoms with Crippen molar-refractivity contribution in [1.29, 1.82) is 0 Å². The number of carbonyl (C=O) groups is 4. The van der Waals surface area contributed by atoms with Gasteiger partial charge in [0.2, 0.25) is 0 Å². The third-order valence-corrected chi connectivity index (χ3v) is 7.03. The SMILES string of the molecule is CC(C)(C)OC(=O)N1CCN(C(=O)c2ccc(-c3ccc(C(=O)N4CCN(C(=O)OC(C)(C)C)CC4)cc3)cc2)CC1. The Morgan fingerprint density at radius 1 is 0.476 bits per heavy atom. The molecule has 2 aliphatic heterocycles. The predicted molar refractivity (Wildman–Crippen MR) is 159 cm³/mol. The summed E-state index contributed by atoms with van der Waals surface area (Å²) in [5.41, 5.74) is 1.94. The lowest BCUT2D eigenvalue weighted by molar-refractivity contribution is 0.0136. The van der Waals surface area contributed by atoms with Crippen LogP contribution in [0.5, 0.6) is 0 Å². The highest BCUT2D eigenvalue weighted by atomic mass is 16.6. The predicted octanol–water partition coefficient (Wildman–Crippen LogP) is 4.74. The summed E-state index contributed by atoms with van der Waals surface area (Å²) in [7, 11) is 0. The van der Waals surface area contributed by atoms with Gasteiger partial charge in [0.1, 0.15) is 11.2 Å². The highest BCUT2D eigenvalue weighted by molar-refractivity contribution is 5.96. The van der Waals surface area contributed by atoms with Crippen molar-refractivity contribution >= 4 is 24.0 Å². The Balaban J connectivity index is 1.29. The molecule has 42 heavy (non-hydrogen) atoms. The van der Waals surface area contributed by atoms with E-state index < -0.39 is 11.2 Å². The van der Waals surface area contributed by atoms with Crippen molar-refractivity contribution in [3.05, 3.63) is 59.7 Å². The monoisotopic (exact) mass is 578 g/mol. The molecule has 10 nitrogen and oxygen atoms in total. The number of hydrogen-bond acceptors (Lipinski definition) is 6. The Morgan fingerprint density at radius 3 is 1.00 bits per heavy atom. The lowest BCUT2D eigenvalue weighted by Crippen LogP contribution is -2.51. The second kappa shape index (κ2) is 12.4. The topological polar surface area (TPSA) is 99.7 Å². The normalized spacial score (nSPS) is 16.2. The molecule has 0 aliphatic carbocycles. The van der Waals surface area contributed by atoms with Gasteiger partial charge >= 0.3 is 12.2 Å². The first-order chi connectivity index (χ1) is 19.7. The lowest BCUT2D eigenvalue weighted by atomic mass is 10.0. The smallest absolute Gasteiger partial charge is 0.410 e. The van der Waals surface area contributed by atoms with Crippen LogP contribution in [0.2, 0.25) is 0 Å². The van der Waals surface area contributed by atoms with E-state index in [0.29, 0.717) is 63.5 Å². The molecule has 2 saturated heterocycles. The summed E-state index contributed by atoms with van der Waals surface area (Å²) in [5, 5.41) is 0. The average molecular weight is 579 g/mol. The van der Waals surface area contributed by atoms with Crippen LogP contribution in [0.1, 0.15) is 62.3 Å². The fourth-order valence-corrected chi connectivity index (χ4v) is 4.81. The number of carbonyl (C=O) groups excluding carboxylic acids is 4. The number of rotatable bonds is 3. The van der Waals surface area contributed by atoms with Crippen LogP contribution in [0.4, 0.5) is 9.59 Å². The molecule has 2 aliphatic rings. The van der Waals surface area contributed by atoms with Crippen molar-refractivity contribution in [1.82, 2.24) is 19.6 Å². The second-order valence-corrected chi connectivity index (χ2v) is 12.7. The Hall–Kier alpha value is -4.08. The van der Waals surface area contributed by atoms with Crippen molar-refractivity contribution in [2.45, 2.75) is 52.7 Å². The van der Waals surface area contributed by atoms with Crippen LogP contribution in [-0.4, -0.2) is 107 Å². The molecule has 226 valence electrons. The summed E-state index contributed by atoms with van der Waals surface area (Å²) in [5.74, 6) is -0.142. The zero-order valence-corrected chi connectivity index (χ0v) is 25.5. The van der Waals surface area contributed by atoms with E-state index in [1.807, 2.05) is 65.8 Å². The number of nitrogens with zero attached hydrogens (tertiary/aromatic N) is 4. The van der Waals surface area contributed by atoms with Gasteiger partial charge in [0.15, 0.2) is 0 Å². The third-order valence-electron chi connectivity index (χ3n) is 7.03. The largest absolute Gasteiger partial charge is 0.444 e. The Labute approximate surface area is 248 Å². The minimum atomic E-state index is -0.554. The molecule has 0 radical (unpaired) electrons. The van der Waals surface area contributed by atoms with Crippen LogP contribution in [0.3, 0.4) is 0 Å². The first-order valence-electron chi connectivity index (χ1n) is 14.4. The van der Waals surface area contributed by atoms with E-state index in [4.69, 9.17) is 9.47 Å². The summed E-state index contributed by atoms with van der Waals surface area (Å²) < 4.78 is 10.9. The molecular weight excluding hydrogens is 536 g/mol. The second-order valence-electron chi connectivity index (χ2n) is 12.7. The number of benzene rings is 2. The van der Waals surface area contributed by atoms with Gasteiger partial charge in [-0.15, -0.1) is 0 Å². The van der Waals surface area contributed by atoms with Crippen molar-refractivity contribution < 1.29 is 28.7 Å². The van der Waals surface area contributed by atoms with Gasteiger partial charge in [0.25, 0.3) is 11.8 Å². The standard InChI is InChI=1S/C32H42N4O6/c1-31(2,3)41-29(39)35-19-15-33(16-20-35)27(37)25-11-7-23(8-12-25)24-9-13-26(14-10-24)28(38)34-17-21-36(22-18-34)30(40)42-32(4,5)6/h7-14H,15-22H2,1-6H3. The van der Waals surface area contributed by atoms with Gasteiger partial charge in [-0.25, -0.2) is 9.59 Å². The van der Waals surface area contributed by atoms with E-state index in [-0.39, 0.29) is 24.0 Å². The maximum atomic E-state index is 13.1. The summed E-state index contributed by atoms with van der Waals surface area (Å²) in [4.78, 5) is 57.5. The molecule has 0 saturated carbocycles. The molecule has 2 fully saturated rings. The van der Waals surface area contributed by atoms with Crippen LogP contribution in [0.25, 0.3) is 11.1 Å². The highest BCUT2D eigenvalue weighted by Gasteiger charge is 2.29. The summed E-state index contributed by atoms with van der Waals surface area (Å²) in [6.07, 6.45) is -0.708. The molecule has 0 spiro atoms. The number of amides is 4. The van der Waals surface area contributed by atoms with Crippen molar-refractivity contribution in [2.75, 3.05) is 52.4 Å². The summed E-state index contributed by atoms with van der Waals surface area (Å²) >= 11 is 0. The van der Waals surface area contributed by atoms with Crippen LogP contribution >= 0.6 is 0 Å². The maximum absolute atomic E-state index is 13.1. The van der Waals surface area contributed by atoms with Gasteiger partial charge in [0, 0.05) is 63.5 Å². The molecule has 0 bridgehead atoms. The molecular formula is C32H42N4O6. The zero-order chi connectivity index (χ0) is 30.7. The van der Waals surface area contributed by atoms with Crippen LogP contribution < -0.4 is 0 Å². The van der Waals surface area contributed by atoms with Crippen LogP contribution in [0, 0.1) is 0 Å². The van der Waals surface area contributed by atoms with Crippen molar-refractivity contribution in [2.24, 2.45) is 0 Å². The summed E-state index contributed by atoms with van der Waals surface area (Å²) in [6, 6.07) is 14.8. The molecule has 0 aromatic heterocycles. The minimum absolute atomic E-state index is 0.0712. The lowest BCUT2D eigenvalue weighted by Gasteiger charge is -2.35. The maximum Gasteiger partial charge on any atom is 0.410 e. The van der Waals surface area contributed by atoms with Gasteiger partial charge in [-0.2, -0.15) is 0 Å². The number of hydrogen-bond donors (Lipinski definition) is 0. The molecule has 4 rings (SSSR count). The Kier molecular flexibility index (Phi) is 9.13. The van der Waals surface area contributed by atoms with E-state index in [2.05, 4.69) is 0 Å². The molecule has 0 N–H and O–H groups in total. The van der Waals surface area contributed by atoms with Gasteiger partial charge in [-0.1, -0.05) is 24.3 Å². The average Bonchev–Trinajstić information content (AvgIpc) is 2.95. The molecule has 2 heterocycles. The highest BCUT2D eigenvalue weighted by Crippen LogP contribution is 2.23. The van der Waals surface area contributed by atoms with E-state index >= 15 is 0 Å². The molecule has 10 heteroatoms. The molecule has 2 aromatic rings. The Morgan fingerprint density at radius 2 is 0.738 bits per heavy atom. The molecule has 2 aromatic carbocycles. The van der Waals surface area contributed by atoms with Crippen molar-refractivity contribution in [3.8, 4) is 11.1 Å². The zero-order valence-electron chi connectivity index (χ0n) is 25.5. The van der Waals surface area contributed by atoms with Gasteiger partial charge in [-0.3, -0.25) is 9.59 Å². The third kappa shape index (κ3) is 8.02. The molecule has 4 amide bonds. The van der Waals surface area contributed by atoms with Crippen LogP contribution in [-0.2, 0) is 9.47 Å². The summed E-state index contributed by atoms with van der Waals surface area (Å²) in [6.45, 7) is 14.5. The first kappa shape index (κ1) is 30.9. The molecule has 0 unspecified atom stereocenters. The van der Waals surface area contributed by atoms with E-state index in [9.17, 15) is 19.2 Å².